The number of ether oxygens (including phenoxy) is 2. The molecule has 0 radical (unpaired) electrons. The first-order valence-electron chi connectivity index (χ1n) is 16.7. The number of nitrogens with two attached hydrogens (primary N) is 1. The summed E-state index contributed by atoms with van der Waals surface area (Å²) < 4.78 is 19.7. The molecule has 3 heterocycles. The van der Waals surface area contributed by atoms with Gasteiger partial charge in [0.15, 0.2) is 11.2 Å². The van der Waals surface area contributed by atoms with Crippen LogP contribution < -0.4 is 16.1 Å². The van der Waals surface area contributed by atoms with Gasteiger partial charge in [0.2, 0.25) is 0 Å². The first-order chi connectivity index (χ1) is 22.6. The molecule has 1 aliphatic heterocycles. The van der Waals surface area contributed by atoms with Gasteiger partial charge in [-0.25, -0.2) is 14.6 Å². The summed E-state index contributed by atoms with van der Waals surface area (Å²) in [6.45, 7) is 5.56. The van der Waals surface area contributed by atoms with Gasteiger partial charge in [-0.2, -0.15) is 0 Å². The van der Waals surface area contributed by atoms with E-state index in [1.165, 1.54) is 0 Å². The number of anilines is 1. The molecular weight excluding hydrogens is 592 g/mol. The molecule has 2 aromatic heterocycles. The van der Waals surface area contributed by atoms with Crippen molar-refractivity contribution in [1.29, 1.82) is 0 Å². The standard InChI is InChI=1S/C39H42N2O6/c1-4-24(2)35(43)47-37(3)21-25-10-6-7-11-29(25)34(26-12-13-33(40)41-23-26)39(37)22-28-18-27-19-30(36(44)45-31(27)20-32(28)46-39)38(16-17-42)14-8-5-9-15-38/h4,6-7,10-13,18-20,23,34,42H,5,8-9,14-17,21-22H2,1-3H3,(H2,40,41)/b24-4+/t34-,37+,39-/m1/s1. The molecule has 0 amide bonds. The summed E-state index contributed by atoms with van der Waals surface area (Å²) in [5, 5.41) is 10.8. The highest BCUT2D eigenvalue weighted by atomic mass is 16.6. The maximum absolute atomic E-state index is 13.6. The smallest absolute Gasteiger partial charge is 0.340 e. The van der Waals surface area contributed by atoms with Gasteiger partial charge < -0.3 is 24.7 Å². The minimum atomic E-state index is -1.10. The van der Waals surface area contributed by atoms with Crippen molar-refractivity contribution in [2.75, 3.05) is 12.3 Å². The van der Waals surface area contributed by atoms with Crippen molar-refractivity contribution < 1.29 is 23.8 Å². The molecule has 8 nitrogen and oxygen atoms in total. The highest BCUT2D eigenvalue weighted by molar-refractivity contribution is 5.88. The number of allylic oxidation sites excluding steroid dienone is 1. The number of hydrogen-bond acceptors (Lipinski definition) is 8. The number of fused-ring (bicyclic) bond motifs is 3. The molecule has 7 rings (SSSR count). The number of carbonyl (C=O) groups is 1. The summed E-state index contributed by atoms with van der Waals surface area (Å²) in [4.78, 5) is 31.5. The Bertz CT molecular complexity index is 1930. The molecular formula is C39H42N2O6. The topological polar surface area (TPSA) is 125 Å². The Hall–Kier alpha value is -4.43. The van der Waals surface area contributed by atoms with E-state index in [0.29, 0.717) is 47.5 Å². The van der Waals surface area contributed by atoms with Crippen molar-refractivity contribution in [2.45, 2.75) is 94.7 Å². The minimum absolute atomic E-state index is 0.0187. The Balaban J connectivity index is 1.41. The minimum Gasteiger partial charge on any atom is -0.481 e. The molecule has 1 saturated carbocycles. The van der Waals surface area contributed by atoms with Crippen LogP contribution in [0.3, 0.4) is 0 Å². The van der Waals surface area contributed by atoms with Crippen LogP contribution in [-0.2, 0) is 27.8 Å². The van der Waals surface area contributed by atoms with Gasteiger partial charge in [-0.05, 0) is 80.5 Å². The van der Waals surface area contributed by atoms with Crippen LogP contribution in [0.1, 0.15) is 93.0 Å². The lowest BCUT2D eigenvalue weighted by molar-refractivity contribution is -0.184. The summed E-state index contributed by atoms with van der Waals surface area (Å²) in [6, 6.07) is 17.8. The lowest BCUT2D eigenvalue weighted by Crippen LogP contribution is -2.65. The average molecular weight is 635 g/mol. The zero-order chi connectivity index (χ0) is 33.0. The number of aromatic nitrogens is 1. The molecule has 1 fully saturated rings. The Morgan fingerprint density at radius 1 is 1.09 bits per heavy atom. The van der Waals surface area contributed by atoms with Crippen molar-refractivity contribution in [3.63, 3.8) is 0 Å². The number of nitrogen functional groups attached to an aromatic ring is 1. The van der Waals surface area contributed by atoms with Crippen LogP contribution >= 0.6 is 0 Å². The Labute approximate surface area is 274 Å². The molecule has 47 heavy (non-hydrogen) atoms. The third kappa shape index (κ3) is 5.05. The summed E-state index contributed by atoms with van der Waals surface area (Å²) in [7, 11) is 0. The maximum atomic E-state index is 13.6. The molecule has 0 bridgehead atoms. The van der Waals surface area contributed by atoms with E-state index in [9.17, 15) is 14.7 Å². The molecule has 3 atom stereocenters. The van der Waals surface area contributed by atoms with E-state index in [-0.39, 0.29) is 18.2 Å². The zero-order valence-corrected chi connectivity index (χ0v) is 27.3. The third-order valence-corrected chi connectivity index (χ3v) is 11.1. The maximum Gasteiger partial charge on any atom is 0.340 e. The summed E-state index contributed by atoms with van der Waals surface area (Å²) in [6.07, 6.45) is 9.83. The summed E-state index contributed by atoms with van der Waals surface area (Å²) in [5.41, 5.74) is 8.68. The number of nitrogens with zero attached hydrogens (tertiary/aromatic N) is 1. The van der Waals surface area contributed by atoms with Gasteiger partial charge in [0.1, 0.15) is 17.2 Å². The molecule has 4 aromatic rings. The van der Waals surface area contributed by atoms with Crippen molar-refractivity contribution in [3.05, 3.63) is 111 Å². The van der Waals surface area contributed by atoms with E-state index in [1.807, 2.05) is 44.2 Å². The van der Waals surface area contributed by atoms with Gasteiger partial charge >= 0.3 is 11.6 Å². The first kappa shape index (κ1) is 31.2. The molecule has 3 aliphatic rings. The molecule has 0 saturated heterocycles. The Kier molecular flexibility index (Phi) is 7.74. The Morgan fingerprint density at radius 2 is 1.87 bits per heavy atom. The fourth-order valence-electron chi connectivity index (χ4n) is 8.47. The normalized spacial score (nSPS) is 24.9. The van der Waals surface area contributed by atoms with Gasteiger partial charge in [0, 0.05) is 53.6 Å². The van der Waals surface area contributed by atoms with E-state index in [0.717, 1.165) is 59.7 Å². The molecule has 2 aromatic carbocycles. The fourth-order valence-corrected chi connectivity index (χ4v) is 8.47. The monoisotopic (exact) mass is 634 g/mol. The van der Waals surface area contributed by atoms with Gasteiger partial charge in [0.05, 0.1) is 5.92 Å². The number of aliphatic hydroxyl groups is 1. The van der Waals surface area contributed by atoms with Gasteiger partial charge in [-0.1, -0.05) is 55.7 Å². The number of esters is 1. The number of benzene rings is 2. The highest BCUT2D eigenvalue weighted by Gasteiger charge is 2.64. The molecule has 244 valence electrons. The number of aliphatic hydroxyl groups excluding tert-OH is 1. The van der Waals surface area contributed by atoms with Crippen LogP contribution in [0.4, 0.5) is 5.82 Å². The van der Waals surface area contributed by atoms with Crippen molar-refractivity contribution in [3.8, 4) is 5.75 Å². The molecule has 3 N–H and O–H groups in total. The van der Waals surface area contributed by atoms with Crippen LogP contribution in [0.15, 0.2) is 81.7 Å². The van der Waals surface area contributed by atoms with Crippen molar-refractivity contribution in [2.24, 2.45) is 0 Å². The van der Waals surface area contributed by atoms with E-state index in [2.05, 4.69) is 23.2 Å². The summed E-state index contributed by atoms with van der Waals surface area (Å²) >= 11 is 0. The van der Waals surface area contributed by atoms with E-state index < -0.39 is 22.6 Å². The lowest BCUT2D eigenvalue weighted by atomic mass is 9.60. The van der Waals surface area contributed by atoms with Crippen LogP contribution in [0, 0.1) is 0 Å². The predicted octanol–water partition coefficient (Wildman–Crippen LogP) is 6.68. The quantitative estimate of drug-likeness (QED) is 0.137. The second-order valence-corrected chi connectivity index (χ2v) is 13.8. The van der Waals surface area contributed by atoms with Gasteiger partial charge in [0.25, 0.3) is 0 Å². The molecule has 2 aliphatic carbocycles. The fraction of sp³-hybridized carbons (Fsp3) is 0.410. The van der Waals surface area contributed by atoms with Crippen LogP contribution in [-0.4, -0.2) is 33.9 Å². The number of pyridine rings is 1. The second kappa shape index (κ2) is 11.7. The van der Waals surface area contributed by atoms with E-state index in [4.69, 9.17) is 19.6 Å². The third-order valence-electron chi connectivity index (χ3n) is 11.1. The van der Waals surface area contributed by atoms with Crippen molar-refractivity contribution >= 4 is 22.8 Å². The Morgan fingerprint density at radius 3 is 2.60 bits per heavy atom. The molecule has 0 unspecified atom stereocenters. The number of carbonyl (C=O) groups excluding carboxylic acids is 1. The van der Waals surface area contributed by atoms with Crippen LogP contribution in [0.25, 0.3) is 11.0 Å². The van der Waals surface area contributed by atoms with E-state index in [1.54, 1.807) is 25.3 Å². The van der Waals surface area contributed by atoms with Crippen LogP contribution in [0.2, 0.25) is 0 Å². The van der Waals surface area contributed by atoms with E-state index >= 15 is 0 Å². The zero-order valence-electron chi connectivity index (χ0n) is 27.3. The number of rotatable bonds is 6. The molecule has 8 heteroatoms. The van der Waals surface area contributed by atoms with Crippen molar-refractivity contribution in [1.82, 2.24) is 4.98 Å². The highest BCUT2D eigenvalue weighted by Crippen LogP contribution is 2.57. The predicted molar refractivity (Wildman–Crippen MR) is 181 cm³/mol. The van der Waals surface area contributed by atoms with Crippen LogP contribution in [0.5, 0.6) is 5.75 Å². The first-order valence-corrected chi connectivity index (χ1v) is 16.7. The lowest BCUT2D eigenvalue weighted by Gasteiger charge is -2.52. The molecule has 1 spiro atoms. The van der Waals surface area contributed by atoms with Gasteiger partial charge in [-0.3, -0.25) is 0 Å². The number of hydrogen-bond donors (Lipinski definition) is 2. The van der Waals surface area contributed by atoms with Gasteiger partial charge in [-0.15, -0.1) is 0 Å². The SMILES string of the molecule is C/C=C(\C)C(=O)O[C@@]1(C)Cc2ccccc2[C@@H](c2ccc(N)nc2)[C@]12Cc1cc3cc(C4(CCO)CCCCC4)c(=O)oc3cc1O2. The largest absolute Gasteiger partial charge is 0.481 e. The second-order valence-electron chi connectivity index (χ2n) is 13.8. The average Bonchev–Trinajstić information content (AvgIpc) is 3.44. The summed E-state index contributed by atoms with van der Waals surface area (Å²) in [5.74, 6) is 0.241.